The van der Waals surface area contributed by atoms with Crippen molar-refractivity contribution in [2.75, 3.05) is 13.1 Å². The van der Waals surface area contributed by atoms with Gasteiger partial charge in [-0.25, -0.2) is 9.97 Å². The van der Waals surface area contributed by atoms with Crippen LogP contribution in [0, 0.1) is 0 Å². The molecule has 2 fully saturated rings. The Morgan fingerprint density at radius 1 is 1.00 bits per heavy atom. The predicted molar refractivity (Wildman–Crippen MR) is 160 cm³/mol. The van der Waals surface area contributed by atoms with Gasteiger partial charge in [-0.1, -0.05) is 48.5 Å². The van der Waals surface area contributed by atoms with Gasteiger partial charge >= 0.3 is 0 Å². The molecule has 40 heavy (non-hydrogen) atoms. The first kappa shape index (κ1) is 25.8. The molecule has 2 unspecified atom stereocenters. The third-order valence-corrected chi connectivity index (χ3v) is 10.2. The summed E-state index contributed by atoms with van der Waals surface area (Å²) < 4.78 is 0. The van der Waals surface area contributed by atoms with Crippen molar-refractivity contribution in [1.82, 2.24) is 25.1 Å². The summed E-state index contributed by atoms with van der Waals surface area (Å²) in [7, 11) is 0. The van der Waals surface area contributed by atoms with Crippen molar-refractivity contribution in [3.05, 3.63) is 83.3 Å². The van der Waals surface area contributed by atoms with Gasteiger partial charge in [0.05, 0.1) is 17.1 Å². The Labute approximate surface area is 243 Å². The van der Waals surface area contributed by atoms with Crippen LogP contribution in [0.2, 0.25) is 0 Å². The summed E-state index contributed by atoms with van der Waals surface area (Å²) in [6.45, 7) is 3.65. The van der Waals surface area contributed by atoms with Gasteiger partial charge < -0.3 is 0 Å². The second-order valence-corrected chi connectivity index (χ2v) is 12.6. The van der Waals surface area contributed by atoms with E-state index in [4.69, 9.17) is 17.6 Å². The highest BCUT2D eigenvalue weighted by Gasteiger charge is 2.39. The normalized spacial score (nSPS) is 22.5. The number of thiophene rings is 1. The fraction of sp³-hybridized carbons (Fsp3) is 0.355. The zero-order chi connectivity index (χ0) is 27.2. The lowest BCUT2D eigenvalue weighted by molar-refractivity contribution is -0.137. The van der Waals surface area contributed by atoms with Crippen molar-refractivity contribution in [3.63, 3.8) is 0 Å². The van der Waals surface area contributed by atoms with E-state index in [1.165, 1.54) is 32.6 Å². The molecule has 7 rings (SSSR count). The minimum atomic E-state index is -0.310. The summed E-state index contributed by atoms with van der Waals surface area (Å²) in [5.74, 6) is 0.0500. The van der Waals surface area contributed by atoms with E-state index >= 15 is 0 Å². The van der Waals surface area contributed by atoms with Gasteiger partial charge in [0.2, 0.25) is 11.8 Å². The Morgan fingerprint density at radius 3 is 2.62 bits per heavy atom. The molecule has 2 aromatic heterocycles. The molecule has 3 aliphatic heterocycles. The fourth-order valence-electron chi connectivity index (χ4n) is 6.45. The molecule has 3 aliphatic rings. The first-order chi connectivity index (χ1) is 19.5. The molecule has 7 nitrogen and oxygen atoms in total. The molecule has 0 spiro atoms. The Kier molecular flexibility index (Phi) is 6.91. The molecule has 4 aromatic rings. The minimum absolute atomic E-state index is 0.132. The van der Waals surface area contributed by atoms with E-state index in [1.54, 1.807) is 17.7 Å². The number of hydrogen-bond acceptors (Lipinski definition) is 8. The van der Waals surface area contributed by atoms with Gasteiger partial charge in [-0.3, -0.25) is 24.7 Å². The van der Waals surface area contributed by atoms with Crippen LogP contribution in [0.4, 0.5) is 0 Å². The van der Waals surface area contributed by atoms with E-state index in [0.717, 1.165) is 42.9 Å². The SMILES string of the molecule is O=C1CCC(N2Cc3cc(CN4CCC(c5ncnc6sc(-c7ccccc7)cc56)CC4)ccc3C2S)C(=O)N1. The maximum absolute atomic E-state index is 12.5. The molecular formula is C31H31N5O2S2. The number of nitrogens with zero attached hydrogens (tertiary/aromatic N) is 4. The second kappa shape index (κ2) is 10.7. The molecule has 5 heterocycles. The lowest BCUT2D eigenvalue weighted by atomic mass is 9.91. The van der Waals surface area contributed by atoms with E-state index < -0.39 is 0 Å². The number of nitrogens with one attached hydrogen (secondary N) is 1. The second-order valence-electron chi connectivity index (χ2n) is 11.1. The number of thiol groups is 1. The number of imide groups is 1. The summed E-state index contributed by atoms with van der Waals surface area (Å²) in [5.41, 5.74) is 6.10. The van der Waals surface area contributed by atoms with Gasteiger partial charge in [0.15, 0.2) is 0 Å². The van der Waals surface area contributed by atoms with Crippen LogP contribution in [0.15, 0.2) is 60.9 Å². The molecule has 2 aromatic carbocycles. The molecule has 0 saturated carbocycles. The van der Waals surface area contributed by atoms with E-state index in [2.05, 4.69) is 68.6 Å². The summed E-state index contributed by atoms with van der Waals surface area (Å²) in [6.07, 6.45) is 4.82. The van der Waals surface area contributed by atoms with Crippen LogP contribution < -0.4 is 5.32 Å². The zero-order valence-electron chi connectivity index (χ0n) is 22.1. The summed E-state index contributed by atoms with van der Waals surface area (Å²) in [5, 5.41) is 3.55. The van der Waals surface area contributed by atoms with Crippen LogP contribution in [0.5, 0.6) is 0 Å². The number of rotatable bonds is 5. The monoisotopic (exact) mass is 569 g/mol. The maximum atomic E-state index is 12.5. The average Bonchev–Trinajstić information content (AvgIpc) is 3.55. The van der Waals surface area contributed by atoms with E-state index in [9.17, 15) is 9.59 Å². The number of benzene rings is 2. The lowest BCUT2D eigenvalue weighted by Crippen LogP contribution is -2.51. The van der Waals surface area contributed by atoms with Crippen molar-refractivity contribution in [2.45, 2.75) is 56.1 Å². The van der Waals surface area contributed by atoms with Crippen LogP contribution in [0.3, 0.4) is 0 Å². The maximum Gasteiger partial charge on any atom is 0.243 e. The van der Waals surface area contributed by atoms with E-state index in [0.29, 0.717) is 25.3 Å². The quantitative estimate of drug-likeness (QED) is 0.251. The number of likely N-dealkylation sites (tertiary alicyclic amines) is 1. The summed E-state index contributed by atoms with van der Waals surface area (Å²) >= 11 is 6.58. The molecule has 0 radical (unpaired) electrons. The van der Waals surface area contributed by atoms with Gasteiger partial charge in [-0.15, -0.1) is 11.3 Å². The number of piperidine rings is 2. The third-order valence-electron chi connectivity index (χ3n) is 8.56. The highest BCUT2D eigenvalue weighted by Crippen LogP contribution is 2.41. The number of aromatic nitrogens is 2. The molecular weight excluding hydrogens is 539 g/mol. The molecule has 2 amide bonds. The zero-order valence-corrected chi connectivity index (χ0v) is 23.8. The molecule has 0 aliphatic carbocycles. The van der Waals surface area contributed by atoms with Crippen molar-refractivity contribution in [2.24, 2.45) is 0 Å². The molecule has 2 atom stereocenters. The number of carbonyl (C=O) groups excluding carboxylic acids is 2. The van der Waals surface area contributed by atoms with Gasteiger partial charge in [0.25, 0.3) is 0 Å². The Balaban J connectivity index is 1.01. The number of carbonyl (C=O) groups is 2. The lowest BCUT2D eigenvalue weighted by Gasteiger charge is -2.32. The highest BCUT2D eigenvalue weighted by atomic mass is 32.1. The Bertz CT molecular complexity index is 1580. The number of hydrogen-bond donors (Lipinski definition) is 2. The van der Waals surface area contributed by atoms with Crippen LogP contribution in [0.1, 0.15) is 59.4 Å². The van der Waals surface area contributed by atoms with E-state index in [1.807, 2.05) is 6.07 Å². The van der Waals surface area contributed by atoms with E-state index in [-0.39, 0.29) is 23.2 Å². The van der Waals surface area contributed by atoms with Crippen LogP contribution in [0.25, 0.3) is 20.7 Å². The number of amides is 2. The molecule has 2 saturated heterocycles. The molecule has 9 heteroatoms. The number of fused-ring (bicyclic) bond motifs is 2. The molecule has 0 bridgehead atoms. The first-order valence-electron chi connectivity index (χ1n) is 13.9. The third kappa shape index (κ3) is 4.85. The predicted octanol–water partition coefficient (Wildman–Crippen LogP) is 5.29. The topological polar surface area (TPSA) is 78.4 Å². The van der Waals surface area contributed by atoms with Gasteiger partial charge in [0.1, 0.15) is 11.2 Å². The smallest absolute Gasteiger partial charge is 0.243 e. The van der Waals surface area contributed by atoms with Gasteiger partial charge in [-0.05, 0) is 60.7 Å². The van der Waals surface area contributed by atoms with Crippen LogP contribution in [-0.2, 0) is 22.7 Å². The van der Waals surface area contributed by atoms with Crippen molar-refractivity contribution in [1.29, 1.82) is 0 Å². The average molecular weight is 570 g/mol. The van der Waals surface area contributed by atoms with Gasteiger partial charge in [0, 0.05) is 35.7 Å². The fourth-order valence-corrected chi connectivity index (χ4v) is 7.96. The standard InChI is InChI=1S/C31H31N5O2S2/c37-27-9-8-25(29(38)34-27)36-17-22-14-19(6-7-23(22)31(36)39)16-35-12-10-21(11-13-35)28-24-15-26(20-4-2-1-3-5-20)40-30(24)33-18-32-28/h1-7,14-15,18,21,25,31,39H,8-13,16-17H2,(H,34,37,38). The molecule has 204 valence electrons. The van der Waals surface area contributed by atoms with Crippen molar-refractivity contribution in [3.8, 4) is 10.4 Å². The minimum Gasteiger partial charge on any atom is -0.299 e. The first-order valence-corrected chi connectivity index (χ1v) is 15.3. The summed E-state index contributed by atoms with van der Waals surface area (Å²) in [4.78, 5) is 40.4. The largest absolute Gasteiger partial charge is 0.299 e. The summed E-state index contributed by atoms with van der Waals surface area (Å²) in [6, 6.07) is 19.1. The van der Waals surface area contributed by atoms with Gasteiger partial charge in [-0.2, -0.15) is 12.6 Å². The Morgan fingerprint density at radius 2 is 1.82 bits per heavy atom. The highest BCUT2D eigenvalue weighted by molar-refractivity contribution is 7.80. The van der Waals surface area contributed by atoms with Crippen molar-refractivity contribution < 1.29 is 9.59 Å². The van der Waals surface area contributed by atoms with Crippen LogP contribution >= 0.6 is 24.0 Å². The van der Waals surface area contributed by atoms with Crippen molar-refractivity contribution >= 4 is 46.0 Å². The molecule has 1 N–H and O–H groups in total. The Hall–Kier alpha value is -3.11. The van der Waals surface area contributed by atoms with Crippen LogP contribution in [-0.4, -0.2) is 50.7 Å².